The van der Waals surface area contributed by atoms with Crippen molar-refractivity contribution in [3.8, 4) is 0 Å². The molecule has 21 nitrogen and oxygen atoms in total. The molecule has 4 rings (SSSR count). The van der Waals surface area contributed by atoms with Crippen molar-refractivity contribution in [2.75, 3.05) is 19.8 Å². The molecule has 0 aromatic carbocycles. The van der Waals surface area contributed by atoms with Gasteiger partial charge in [-0.25, -0.2) is 0 Å². The zero-order valence-corrected chi connectivity index (χ0v) is 24.3. The number of azide groups is 1. The molecular weight excluding hydrogens is 608 g/mol. The third-order valence-electron chi connectivity index (χ3n) is 8.72. The van der Waals surface area contributed by atoms with Crippen LogP contribution < -0.4 is 28.7 Å². The first kappa shape index (κ1) is 36.4. The lowest BCUT2D eigenvalue weighted by Crippen LogP contribution is -2.69. The van der Waals surface area contributed by atoms with Crippen molar-refractivity contribution < 1.29 is 64.2 Å². The number of hydrogen-bond donors (Lipinski definition) is 12. The molecule has 0 radical (unpaired) electrons. The second-order valence-electron chi connectivity index (χ2n) is 11.8. The molecule has 0 aromatic rings. The average molecular weight is 655 g/mol. The second kappa shape index (κ2) is 15.7. The quantitative estimate of drug-likeness (QED) is 0.0591. The first-order valence-electron chi connectivity index (χ1n) is 14.7. The minimum absolute atomic E-state index is 0.0168. The number of ether oxygens (including phenoxy) is 6. The van der Waals surface area contributed by atoms with Crippen LogP contribution in [-0.4, -0.2) is 172 Å². The highest BCUT2D eigenvalue weighted by Crippen LogP contribution is 2.34. The number of aliphatic hydroxyl groups is 7. The van der Waals surface area contributed by atoms with Crippen molar-refractivity contribution in [2.45, 2.75) is 129 Å². The lowest BCUT2D eigenvalue weighted by atomic mass is 9.84. The van der Waals surface area contributed by atoms with Crippen LogP contribution >= 0.6 is 0 Å². The summed E-state index contributed by atoms with van der Waals surface area (Å²) >= 11 is 0. The Balaban J connectivity index is 1.48. The van der Waals surface area contributed by atoms with E-state index in [-0.39, 0.29) is 19.4 Å². The summed E-state index contributed by atoms with van der Waals surface area (Å²) in [7, 11) is 0. The minimum atomic E-state index is -1.62. The fourth-order valence-electron chi connectivity index (χ4n) is 6.07. The van der Waals surface area contributed by atoms with Crippen molar-refractivity contribution in [2.24, 2.45) is 33.8 Å². The molecule has 4 aliphatic rings. The molecule has 0 amide bonds. The predicted octanol–water partition coefficient (Wildman–Crippen LogP) is -7.15. The van der Waals surface area contributed by atoms with E-state index in [2.05, 4.69) is 10.0 Å². The molecule has 3 saturated heterocycles. The van der Waals surface area contributed by atoms with Crippen LogP contribution in [0, 0.1) is 0 Å². The minimum Gasteiger partial charge on any atom is -0.394 e. The normalized spacial score (nSPS) is 51.0. The summed E-state index contributed by atoms with van der Waals surface area (Å²) < 4.78 is 34.7. The summed E-state index contributed by atoms with van der Waals surface area (Å²) in [6.45, 7) is -1.43. The molecule has 260 valence electrons. The van der Waals surface area contributed by atoms with Crippen molar-refractivity contribution in [3.63, 3.8) is 0 Å². The van der Waals surface area contributed by atoms with Crippen LogP contribution in [0.1, 0.15) is 12.8 Å². The van der Waals surface area contributed by atoms with E-state index in [1.165, 1.54) is 0 Å². The van der Waals surface area contributed by atoms with E-state index in [9.17, 15) is 41.3 Å². The number of nitrogens with two attached hydrogens (primary N) is 5. The van der Waals surface area contributed by atoms with Gasteiger partial charge in [0.15, 0.2) is 18.9 Å². The lowest BCUT2D eigenvalue weighted by molar-refractivity contribution is -0.339. The largest absolute Gasteiger partial charge is 0.394 e. The topological polar surface area (TPSA) is 376 Å². The molecule has 2 unspecified atom stereocenters. The number of aliphatic hydroxyl groups excluding tert-OH is 7. The molecule has 0 aromatic heterocycles. The van der Waals surface area contributed by atoms with Gasteiger partial charge < -0.3 is 92.8 Å². The highest BCUT2D eigenvalue weighted by atomic mass is 16.7. The van der Waals surface area contributed by atoms with E-state index >= 15 is 0 Å². The Morgan fingerprint density at radius 3 is 1.82 bits per heavy atom. The average Bonchev–Trinajstić information content (AvgIpc) is 3.01. The van der Waals surface area contributed by atoms with Gasteiger partial charge in [0, 0.05) is 17.5 Å². The van der Waals surface area contributed by atoms with Gasteiger partial charge in [-0.1, -0.05) is 5.11 Å². The fraction of sp³-hybridized carbons (Fsp3) is 1.00. The van der Waals surface area contributed by atoms with Crippen molar-refractivity contribution in [1.82, 2.24) is 0 Å². The summed E-state index contributed by atoms with van der Waals surface area (Å²) in [5, 5.41) is 76.2. The summed E-state index contributed by atoms with van der Waals surface area (Å²) in [5.74, 6) is 0. The molecule has 3 heterocycles. The third kappa shape index (κ3) is 7.68. The van der Waals surface area contributed by atoms with Crippen LogP contribution in [0.15, 0.2) is 5.11 Å². The molecule has 17 N–H and O–H groups in total. The number of nitrogens with zero attached hydrogens (tertiary/aromatic N) is 3. The highest BCUT2D eigenvalue weighted by molar-refractivity contribution is 5.03. The molecule has 0 spiro atoms. The van der Waals surface area contributed by atoms with Crippen LogP contribution in [0.4, 0.5) is 0 Å². The maximum Gasteiger partial charge on any atom is 0.176 e. The SMILES string of the molecule is [N-]=[N+]=N[C@@H]1C[C@H](N)[C@@H](O[C@H]2O[C@H](CN)[C@@H](O)C[C@H]2N)[C@H](O)[C@H]1OC1O[C@H](CO)[C@@H](OC2O[C@H](CO)[C@@H](O)[C@H](O)[C@H]2N)[C@H](O)[C@H]1N. The molecule has 1 saturated carbocycles. The Kier molecular flexibility index (Phi) is 12.7. The van der Waals surface area contributed by atoms with Crippen LogP contribution in [0.25, 0.3) is 10.4 Å². The van der Waals surface area contributed by atoms with Gasteiger partial charge in [-0.2, -0.15) is 0 Å². The standard InChI is InChI=1S/C24H46N8O13/c25-3-10-9(35)2-7(27)22(40-10)43-19-6(26)1-8(31-32-30)20(18(19)39)44-24-14(29)17(38)21(12(5-34)42-24)45-23-13(28)16(37)15(36)11(4-33)41-23/h6-24,33-39H,1-5,25-29H2/t6-,7+,8+,9-,10+,11+,12+,13+,14+,15+,16+,17+,18-,19+,20-,21+,22+,23?,24?/m0/s1. The molecule has 19 atom stereocenters. The summed E-state index contributed by atoms with van der Waals surface area (Å²) in [4.78, 5) is 2.82. The van der Waals surface area contributed by atoms with Gasteiger partial charge in [0.25, 0.3) is 0 Å². The fourth-order valence-corrected chi connectivity index (χ4v) is 6.07. The van der Waals surface area contributed by atoms with Crippen LogP contribution in [0.2, 0.25) is 0 Å². The maximum atomic E-state index is 11.4. The first-order valence-corrected chi connectivity index (χ1v) is 14.7. The van der Waals surface area contributed by atoms with E-state index in [0.717, 1.165) is 0 Å². The van der Waals surface area contributed by atoms with E-state index in [0.29, 0.717) is 0 Å². The first-order chi connectivity index (χ1) is 21.4. The Morgan fingerprint density at radius 2 is 1.22 bits per heavy atom. The highest BCUT2D eigenvalue weighted by Gasteiger charge is 2.53. The van der Waals surface area contributed by atoms with E-state index in [1.54, 1.807) is 0 Å². The van der Waals surface area contributed by atoms with Gasteiger partial charge in [-0.05, 0) is 18.4 Å². The summed E-state index contributed by atoms with van der Waals surface area (Å²) in [6, 6.07) is -5.43. The zero-order chi connectivity index (χ0) is 33.2. The Labute approximate surface area is 257 Å². The smallest absolute Gasteiger partial charge is 0.176 e. The molecule has 3 aliphatic heterocycles. The van der Waals surface area contributed by atoms with Crippen LogP contribution in [0.3, 0.4) is 0 Å². The van der Waals surface area contributed by atoms with Gasteiger partial charge in [-0.15, -0.1) is 0 Å². The van der Waals surface area contributed by atoms with E-state index in [4.69, 9.17) is 57.1 Å². The number of hydrogen-bond acceptors (Lipinski definition) is 19. The molecule has 0 bridgehead atoms. The van der Waals surface area contributed by atoms with Crippen LogP contribution in [0.5, 0.6) is 0 Å². The van der Waals surface area contributed by atoms with Gasteiger partial charge >= 0.3 is 0 Å². The maximum absolute atomic E-state index is 11.4. The molecule has 1 aliphatic carbocycles. The van der Waals surface area contributed by atoms with Crippen molar-refractivity contribution in [1.29, 1.82) is 0 Å². The summed E-state index contributed by atoms with van der Waals surface area (Å²) in [5.41, 5.74) is 39.4. The Morgan fingerprint density at radius 1 is 0.667 bits per heavy atom. The predicted molar refractivity (Wildman–Crippen MR) is 148 cm³/mol. The summed E-state index contributed by atoms with van der Waals surface area (Å²) in [6.07, 6.45) is -18.4. The van der Waals surface area contributed by atoms with Crippen molar-refractivity contribution >= 4 is 0 Å². The van der Waals surface area contributed by atoms with Gasteiger partial charge in [0.2, 0.25) is 0 Å². The van der Waals surface area contributed by atoms with E-state index < -0.39 is 129 Å². The number of rotatable bonds is 10. The van der Waals surface area contributed by atoms with Gasteiger partial charge in [-0.3, -0.25) is 0 Å². The zero-order valence-electron chi connectivity index (χ0n) is 24.3. The Hall–Kier alpha value is -1.41. The molecule has 21 heteroatoms. The monoisotopic (exact) mass is 654 g/mol. The molecule has 4 fully saturated rings. The molecule has 45 heavy (non-hydrogen) atoms. The van der Waals surface area contributed by atoms with Gasteiger partial charge in [0.1, 0.15) is 48.8 Å². The van der Waals surface area contributed by atoms with E-state index in [1.807, 2.05) is 0 Å². The lowest BCUT2D eigenvalue weighted by Gasteiger charge is -2.49. The van der Waals surface area contributed by atoms with Crippen molar-refractivity contribution in [3.05, 3.63) is 10.4 Å². The Bertz CT molecular complexity index is 1000. The van der Waals surface area contributed by atoms with Crippen LogP contribution in [-0.2, 0) is 28.4 Å². The van der Waals surface area contributed by atoms with Gasteiger partial charge in [0.05, 0.1) is 55.7 Å². The third-order valence-corrected chi connectivity index (χ3v) is 8.72. The second-order valence-corrected chi connectivity index (χ2v) is 11.8. The molecular formula is C24H46N8O13.